The number of nitrogens with one attached hydrogen (secondary N) is 1. The van der Waals surface area contributed by atoms with Gasteiger partial charge in [-0.3, -0.25) is 9.78 Å². The van der Waals surface area contributed by atoms with Crippen molar-refractivity contribution in [2.45, 2.75) is 32.2 Å². The van der Waals surface area contributed by atoms with Crippen LogP contribution in [0.3, 0.4) is 0 Å². The zero-order valence-corrected chi connectivity index (χ0v) is 12.6. The summed E-state index contributed by atoms with van der Waals surface area (Å²) in [5.74, 6) is 1.08. The summed E-state index contributed by atoms with van der Waals surface area (Å²) in [6.07, 6.45) is 7.10. The fraction of sp³-hybridized carbons (Fsp3) is 0.667. The highest BCUT2D eigenvalue weighted by Gasteiger charge is 2.20. The van der Waals surface area contributed by atoms with E-state index in [1.54, 1.807) is 6.92 Å². The van der Waals surface area contributed by atoms with Gasteiger partial charge in [0.05, 0.1) is 24.1 Å². The molecule has 1 amide bonds. The van der Waals surface area contributed by atoms with Crippen molar-refractivity contribution in [2.24, 2.45) is 0 Å². The highest BCUT2D eigenvalue weighted by molar-refractivity contribution is 5.73. The second-order valence-electron chi connectivity index (χ2n) is 5.80. The Morgan fingerprint density at radius 2 is 2.10 bits per heavy atom. The van der Waals surface area contributed by atoms with E-state index in [9.17, 15) is 4.79 Å². The minimum Gasteiger partial charge on any atom is -0.354 e. The fourth-order valence-corrected chi connectivity index (χ4v) is 3.07. The van der Waals surface area contributed by atoms with Crippen molar-refractivity contribution in [1.29, 1.82) is 0 Å². The van der Waals surface area contributed by atoms with Crippen LogP contribution in [0.25, 0.3) is 0 Å². The van der Waals surface area contributed by atoms with Crippen molar-refractivity contribution in [1.82, 2.24) is 20.2 Å². The molecular formula is C15H23N5O. The smallest absolute Gasteiger partial charge is 0.219 e. The van der Waals surface area contributed by atoms with Gasteiger partial charge in [0.25, 0.3) is 0 Å². The number of aromatic nitrogens is 2. The lowest BCUT2D eigenvalue weighted by Crippen LogP contribution is -2.33. The van der Waals surface area contributed by atoms with E-state index in [2.05, 4.69) is 20.2 Å². The molecule has 3 heterocycles. The number of hydrogen-bond donors (Lipinski definition) is 1. The molecule has 0 saturated carbocycles. The highest BCUT2D eigenvalue weighted by Crippen LogP contribution is 2.21. The molecule has 1 aromatic rings. The van der Waals surface area contributed by atoms with Crippen LogP contribution >= 0.6 is 0 Å². The molecule has 1 atom stereocenters. The number of rotatable bonds is 2. The zero-order chi connectivity index (χ0) is 14.7. The quantitative estimate of drug-likeness (QED) is 0.878. The van der Waals surface area contributed by atoms with E-state index in [0.717, 1.165) is 57.1 Å². The molecule has 1 unspecified atom stereocenters. The molecule has 2 saturated heterocycles. The van der Waals surface area contributed by atoms with Gasteiger partial charge in [0.1, 0.15) is 5.82 Å². The van der Waals surface area contributed by atoms with E-state index in [-0.39, 0.29) is 5.91 Å². The van der Waals surface area contributed by atoms with Gasteiger partial charge in [0.2, 0.25) is 5.91 Å². The lowest BCUT2D eigenvalue weighted by molar-refractivity contribution is -0.128. The Morgan fingerprint density at radius 3 is 2.76 bits per heavy atom. The van der Waals surface area contributed by atoms with Gasteiger partial charge in [-0.1, -0.05) is 0 Å². The number of anilines is 1. The predicted molar refractivity (Wildman–Crippen MR) is 81.1 cm³/mol. The monoisotopic (exact) mass is 289 g/mol. The van der Waals surface area contributed by atoms with Crippen LogP contribution in [0.2, 0.25) is 0 Å². The maximum absolute atomic E-state index is 11.5. The molecule has 0 aliphatic carbocycles. The molecule has 0 aromatic carbocycles. The van der Waals surface area contributed by atoms with Crippen LogP contribution in [0.5, 0.6) is 0 Å². The predicted octanol–water partition coefficient (Wildman–Crippen LogP) is 0.960. The first kappa shape index (κ1) is 14.3. The summed E-state index contributed by atoms with van der Waals surface area (Å²) >= 11 is 0. The zero-order valence-electron chi connectivity index (χ0n) is 12.6. The third-order valence-electron chi connectivity index (χ3n) is 4.34. The Balaban J connectivity index is 1.65. The van der Waals surface area contributed by atoms with Crippen molar-refractivity contribution in [3.63, 3.8) is 0 Å². The molecule has 114 valence electrons. The summed E-state index contributed by atoms with van der Waals surface area (Å²) in [6, 6.07) is 0.365. The average molecular weight is 289 g/mol. The first-order valence-corrected chi connectivity index (χ1v) is 7.80. The van der Waals surface area contributed by atoms with E-state index in [4.69, 9.17) is 0 Å². The van der Waals surface area contributed by atoms with Gasteiger partial charge < -0.3 is 15.1 Å². The fourth-order valence-electron chi connectivity index (χ4n) is 3.07. The van der Waals surface area contributed by atoms with E-state index in [1.807, 2.05) is 17.3 Å². The van der Waals surface area contributed by atoms with E-state index in [1.165, 1.54) is 6.42 Å². The van der Waals surface area contributed by atoms with Crippen LogP contribution < -0.4 is 10.2 Å². The van der Waals surface area contributed by atoms with Crippen molar-refractivity contribution < 1.29 is 4.79 Å². The molecule has 1 N–H and O–H groups in total. The molecule has 21 heavy (non-hydrogen) atoms. The number of hydrogen-bond acceptors (Lipinski definition) is 5. The normalized spacial score (nSPS) is 23.2. The lowest BCUT2D eigenvalue weighted by atomic mass is 10.2. The van der Waals surface area contributed by atoms with Gasteiger partial charge in [-0.2, -0.15) is 0 Å². The van der Waals surface area contributed by atoms with Gasteiger partial charge in [-0.25, -0.2) is 4.98 Å². The number of carbonyl (C=O) groups excluding carboxylic acids is 1. The summed E-state index contributed by atoms with van der Waals surface area (Å²) in [5, 5.41) is 3.44. The van der Waals surface area contributed by atoms with Crippen LogP contribution in [-0.2, 0) is 4.79 Å². The topological polar surface area (TPSA) is 61.4 Å². The van der Waals surface area contributed by atoms with Crippen LogP contribution in [0.4, 0.5) is 5.82 Å². The molecule has 0 spiro atoms. The molecule has 0 radical (unpaired) electrons. The Hall–Kier alpha value is -1.69. The van der Waals surface area contributed by atoms with Gasteiger partial charge in [-0.05, 0) is 25.8 Å². The lowest BCUT2D eigenvalue weighted by Gasteiger charge is -2.22. The SMILES string of the molecule is CC(=O)N1CCCN(c2cnc(C3CCCN3)cn2)CC1. The Kier molecular flexibility index (Phi) is 4.34. The van der Waals surface area contributed by atoms with Gasteiger partial charge in [0, 0.05) is 33.1 Å². The van der Waals surface area contributed by atoms with E-state index >= 15 is 0 Å². The molecule has 2 aliphatic heterocycles. The van der Waals surface area contributed by atoms with Crippen LogP contribution in [-0.4, -0.2) is 53.5 Å². The number of amides is 1. The van der Waals surface area contributed by atoms with Gasteiger partial charge >= 0.3 is 0 Å². The molecule has 3 rings (SSSR count). The van der Waals surface area contributed by atoms with Crippen molar-refractivity contribution in [2.75, 3.05) is 37.6 Å². The van der Waals surface area contributed by atoms with E-state index < -0.39 is 0 Å². The Bertz CT molecular complexity index is 483. The summed E-state index contributed by atoms with van der Waals surface area (Å²) in [4.78, 5) is 24.7. The minimum atomic E-state index is 0.158. The molecule has 2 fully saturated rings. The van der Waals surface area contributed by atoms with E-state index in [0.29, 0.717) is 6.04 Å². The van der Waals surface area contributed by atoms with Gasteiger partial charge in [-0.15, -0.1) is 0 Å². The van der Waals surface area contributed by atoms with Crippen molar-refractivity contribution in [3.05, 3.63) is 18.1 Å². The second-order valence-corrected chi connectivity index (χ2v) is 5.80. The number of nitrogens with zero attached hydrogens (tertiary/aromatic N) is 4. The maximum Gasteiger partial charge on any atom is 0.219 e. The van der Waals surface area contributed by atoms with Crippen molar-refractivity contribution >= 4 is 11.7 Å². The molecule has 2 aliphatic rings. The van der Waals surface area contributed by atoms with Crippen LogP contribution in [0.15, 0.2) is 12.4 Å². The summed E-state index contributed by atoms with van der Waals surface area (Å²) in [7, 11) is 0. The third-order valence-corrected chi connectivity index (χ3v) is 4.34. The average Bonchev–Trinajstić information content (AvgIpc) is 2.91. The van der Waals surface area contributed by atoms with Gasteiger partial charge in [0.15, 0.2) is 0 Å². The molecule has 6 heteroatoms. The summed E-state index contributed by atoms with van der Waals surface area (Å²) in [6.45, 7) is 6.07. The Labute approximate surface area is 125 Å². The molecule has 6 nitrogen and oxygen atoms in total. The maximum atomic E-state index is 11.5. The minimum absolute atomic E-state index is 0.158. The number of carbonyl (C=O) groups is 1. The summed E-state index contributed by atoms with van der Waals surface area (Å²) < 4.78 is 0. The van der Waals surface area contributed by atoms with Crippen molar-refractivity contribution in [3.8, 4) is 0 Å². The third kappa shape index (κ3) is 3.32. The van der Waals surface area contributed by atoms with Crippen LogP contribution in [0, 0.1) is 0 Å². The standard InChI is InChI=1S/C15H23N5O/c1-12(21)19-6-3-7-20(9-8-19)15-11-17-14(10-18-15)13-4-2-5-16-13/h10-11,13,16H,2-9H2,1H3. The molecule has 1 aromatic heterocycles. The Morgan fingerprint density at radius 1 is 1.19 bits per heavy atom. The van der Waals surface area contributed by atoms with Crippen LogP contribution in [0.1, 0.15) is 37.9 Å². The molecule has 0 bridgehead atoms. The largest absolute Gasteiger partial charge is 0.354 e. The second kappa shape index (κ2) is 6.39. The first-order valence-electron chi connectivity index (χ1n) is 7.80. The molecular weight excluding hydrogens is 266 g/mol. The highest BCUT2D eigenvalue weighted by atomic mass is 16.2. The summed E-state index contributed by atoms with van der Waals surface area (Å²) in [5.41, 5.74) is 1.04. The first-order chi connectivity index (χ1) is 10.2.